The first kappa shape index (κ1) is 18.1. The van der Waals surface area contributed by atoms with Gasteiger partial charge in [0.2, 0.25) is 0 Å². The predicted molar refractivity (Wildman–Crippen MR) is 88.9 cm³/mol. The van der Waals surface area contributed by atoms with Gasteiger partial charge < -0.3 is 4.90 Å². The van der Waals surface area contributed by atoms with Gasteiger partial charge in [-0.05, 0) is 24.0 Å². The molecular weight excluding hydrogens is 319 g/mol. The van der Waals surface area contributed by atoms with Gasteiger partial charge in [0.1, 0.15) is 11.6 Å². The smallest absolute Gasteiger partial charge is 0.279 e. The normalized spacial score (nSPS) is 22.3. The van der Waals surface area contributed by atoms with Crippen molar-refractivity contribution in [3.63, 3.8) is 0 Å². The summed E-state index contributed by atoms with van der Waals surface area (Å²) in [5.74, 6) is 0.778. The van der Waals surface area contributed by atoms with Gasteiger partial charge in [-0.3, -0.25) is 0 Å². The molecule has 1 fully saturated rings. The maximum absolute atomic E-state index is 13.0. The molecule has 130 valence electrons. The van der Waals surface area contributed by atoms with Crippen molar-refractivity contribution in [2.75, 3.05) is 31.6 Å². The zero-order valence-electron chi connectivity index (χ0n) is 14.0. The minimum absolute atomic E-state index is 0.168. The van der Waals surface area contributed by atoms with Crippen LogP contribution in [0.5, 0.6) is 0 Å². The standard InChI is InChI=1S/C15H25FN4O2S/c1-5-19(4)23(21,22)18-14-10-20(9-13(14)11(2)3)15-7-6-12(16)8-17-15/h6-8,11,13-14,18H,5,9-10H2,1-4H3/t13-,14+/m1/s1. The summed E-state index contributed by atoms with van der Waals surface area (Å²) in [5, 5.41) is 0. The molecule has 1 aromatic heterocycles. The van der Waals surface area contributed by atoms with Gasteiger partial charge in [0, 0.05) is 32.7 Å². The van der Waals surface area contributed by atoms with Crippen LogP contribution in [0.4, 0.5) is 10.2 Å². The second-order valence-electron chi connectivity index (χ2n) is 6.29. The SMILES string of the molecule is CCN(C)S(=O)(=O)N[C@H]1CN(c2ccc(F)cn2)C[C@@H]1C(C)C. The molecule has 8 heteroatoms. The molecule has 0 aliphatic carbocycles. The Balaban J connectivity index is 2.17. The van der Waals surface area contributed by atoms with Gasteiger partial charge >= 0.3 is 0 Å². The monoisotopic (exact) mass is 344 g/mol. The highest BCUT2D eigenvalue weighted by atomic mass is 32.2. The summed E-state index contributed by atoms with van der Waals surface area (Å²) in [6, 6.07) is 2.80. The van der Waals surface area contributed by atoms with Crippen LogP contribution in [0, 0.1) is 17.7 Å². The Morgan fingerprint density at radius 2 is 2.13 bits per heavy atom. The molecule has 6 nitrogen and oxygen atoms in total. The lowest BCUT2D eigenvalue weighted by Gasteiger charge is -2.25. The Morgan fingerprint density at radius 1 is 1.43 bits per heavy atom. The van der Waals surface area contributed by atoms with E-state index in [1.807, 2.05) is 4.90 Å². The van der Waals surface area contributed by atoms with Crippen LogP contribution < -0.4 is 9.62 Å². The fourth-order valence-corrected chi connectivity index (χ4v) is 3.97. The number of nitrogens with zero attached hydrogens (tertiary/aromatic N) is 3. The summed E-state index contributed by atoms with van der Waals surface area (Å²) in [6.45, 7) is 7.59. The van der Waals surface area contributed by atoms with Crippen molar-refractivity contribution < 1.29 is 12.8 Å². The van der Waals surface area contributed by atoms with Crippen molar-refractivity contribution in [2.24, 2.45) is 11.8 Å². The number of nitrogens with one attached hydrogen (secondary N) is 1. The van der Waals surface area contributed by atoms with Crippen LogP contribution in [-0.4, -0.2) is 50.4 Å². The van der Waals surface area contributed by atoms with Crippen LogP contribution in [0.1, 0.15) is 20.8 Å². The Labute approximate surface area is 137 Å². The minimum atomic E-state index is -3.50. The van der Waals surface area contributed by atoms with E-state index in [9.17, 15) is 12.8 Å². The molecule has 1 aliphatic heterocycles. The predicted octanol–water partition coefficient (Wildman–Crippen LogP) is 1.47. The summed E-state index contributed by atoms with van der Waals surface area (Å²) >= 11 is 0. The average molecular weight is 344 g/mol. The molecule has 0 radical (unpaired) electrons. The van der Waals surface area contributed by atoms with Crippen molar-refractivity contribution in [3.05, 3.63) is 24.1 Å². The van der Waals surface area contributed by atoms with Gasteiger partial charge in [0.05, 0.1) is 6.20 Å². The van der Waals surface area contributed by atoms with Gasteiger partial charge in [0.25, 0.3) is 10.2 Å². The Hall–Kier alpha value is -1.25. The largest absolute Gasteiger partial charge is 0.355 e. The highest BCUT2D eigenvalue weighted by Crippen LogP contribution is 2.28. The molecule has 1 N–H and O–H groups in total. The summed E-state index contributed by atoms with van der Waals surface area (Å²) in [7, 11) is -1.94. The summed E-state index contributed by atoms with van der Waals surface area (Å²) in [6.07, 6.45) is 1.18. The molecule has 2 atom stereocenters. The maximum Gasteiger partial charge on any atom is 0.279 e. The first-order chi connectivity index (χ1) is 10.7. The molecule has 0 spiro atoms. The van der Waals surface area contributed by atoms with E-state index in [0.29, 0.717) is 31.4 Å². The first-order valence-electron chi connectivity index (χ1n) is 7.84. The molecule has 2 heterocycles. The van der Waals surface area contributed by atoms with E-state index < -0.39 is 10.2 Å². The van der Waals surface area contributed by atoms with E-state index in [1.54, 1.807) is 20.0 Å². The first-order valence-corrected chi connectivity index (χ1v) is 9.28. The fraction of sp³-hybridized carbons (Fsp3) is 0.667. The van der Waals surface area contributed by atoms with Crippen molar-refractivity contribution in [2.45, 2.75) is 26.8 Å². The second-order valence-corrected chi connectivity index (χ2v) is 8.10. The van der Waals surface area contributed by atoms with Crippen LogP contribution in [0.2, 0.25) is 0 Å². The quantitative estimate of drug-likeness (QED) is 0.849. The third-order valence-electron chi connectivity index (χ3n) is 4.41. The van der Waals surface area contributed by atoms with Gasteiger partial charge in [-0.25, -0.2) is 9.37 Å². The lowest BCUT2D eigenvalue weighted by molar-refractivity contribution is 0.356. The lowest BCUT2D eigenvalue weighted by Crippen LogP contribution is -2.47. The van der Waals surface area contributed by atoms with Crippen LogP contribution in [-0.2, 0) is 10.2 Å². The highest BCUT2D eigenvalue weighted by molar-refractivity contribution is 7.87. The number of hydrogen-bond donors (Lipinski definition) is 1. The Morgan fingerprint density at radius 3 is 2.65 bits per heavy atom. The van der Waals surface area contributed by atoms with E-state index >= 15 is 0 Å². The molecule has 0 unspecified atom stereocenters. The second kappa shape index (κ2) is 7.11. The van der Waals surface area contributed by atoms with Crippen LogP contribution in [0.25, 0.3) is 0 Å². The van der Waals surface area contributed by atoms with E-state index in [2.05, 4.69) is 23.6 Å². The zero-order chi connectivity index (χ0) is 17.2. The van der Waals surface area contributed by atoms with Gasteiger partial charge in [-0.1, -0.05) is 20.8 Å². The van der Waals surface area contributed by atoms with Crippen molar-refractivity contribution in [3.8, 4) is 0 Å². The fourth-order valence-electron chi connectivity index (χ4n) is 2.82. The van der Waals surface area contributed by atoms with E-state index in [-0.39, 0.29) is 17.8 Å². The van der Waals surface area contributed by atoms with Crippen molar-refractivity contribution in [1.29, 1.82) is 0 Å². The average Bonchev–Trinajstić information content (AvgIpc) is 2.90. The zero-order valence-corrected chi connectivity index (χ0v) is 14.8. The molecule has 1 aliphatic rings. The molecular formula is C15H25FN4O2S. The number of aromatic nitrogens is 1. The third-order valence-corrected chi connectivity index (χ3v) is 6.09. The number of halogens is 1. The lowest BCUT2D eigenvalue weighted by atomic mass is 9.92. The van der Waals surface area contributed by atoms with E-state index in [4.69, 9.17) is 0 Å². The van der Waals surface area contributed by atoms with Crippen molar-refractivity contribution in [1.82, 2.24) is 14.0 Å². The molecule has 0 saturated carbocycles. The van der Waals surface area contributed by atoms with Gasteiger partial charge in [-0.2, -0.15) is 17.4 Å². The van der Waals surface area contributed by atoms with Crippen molar-refractivity contribution >= 4 is 16.0 Å². The number of rotatable bonds is 6. The van der Waals surface area contributed by atoms with E-state index in [0.717, 1.165) is 0 Å². The molecule has 0 amide bonds. The topological polar surface area (TPSA) is 65.5 Å². The third kappa shape index (κ3) is 4.19. The summed E-state index contributed by atoms with van der Waals surface area (Å²) in [5.41, 5.74) is 0. The van der Waals surface area contributed by atoms with Crippen LogP contribution >= 0.6 is 0 Å². The molecule has 23 heavy (non-hydrogen) atoms. The van der Waals surface area contributed by atoms with Crippen LogP contribution in [0.3, 0.4) is 0 Å². The molecule has 0 bridgehead atoms. The number of anilines is 1. The molecule has 1 aromatic rings. The molecule has 1 saturated heterocycles. The maximum atomic E-state index is 13.0. The van der Waals surface area contributed by atoms with E-state index in [1.165, 1.54) is 16.6 Å². The number of hydrogen-bond acceptors (Lipinski definition) is 4. The highest BCUT2D eigenvalue weighted by Gasteiger charge is 2.38. The Kier molecular flexibility index (Phi) is 5.59. The van der Waals surface area contributed by atoms with Crippen LogP contribution in [0.15, 0.2) is 18.3 Å². The summed E-state index contributed by atoms with van der Waals surface area (Å²) in [4.78, 5) is 6.10. The number of pyridine rings is 1. The molecule has 0 aromatic carbocycles. The molecule has 2 rings (SSSR count). The van der Waals surface area contributed by atoms with Gasteiger partial charge in [0.15, 0.2) is 0 Å². The minimum Gasteiger partial charge on any atom is -0.355 e. The van der Waals surface area contributed by atoms with Gasteiger partial charge in [-0.15, -0.1) is 0 Å². The Bertz CT molecular complexity index is 621. The summed E-state index contributed by atoms with van der Waals surface area (Å²) < 4.78 is 41.7.